The van der Waals surface area contributed by atoms with Crippen molar-refractivity contribution in [1.82, 2.24) is 5.32 Å². The maximum atomic E-state index is 5.92. The SMILES string of the molecule is CNCCCC1CCOC2(CCC2)C1. The molecule has 0 amide bonds. The monoisotopic (exact) mass is 197 g/mol. The fourth-order valence-electron chi connectivity index (χ4n) is 2.86. The highest BCUT2D eigenvalue weighted by Gasteiger charge is 2.42. The zero-order valence-electron chi connectivity index (χ0n) is 9.35. The van der Waals surface area contributed by atoms with Crippen LogP contribution in [-0.2, 0) is 4.74 Å². The summed E-state index contributed by atoms with van der Waals surface area (Å²) in [6.07, 6.45) is 9.42. The molecule has 1 spiro atoms. The number of ether oxygens (including phenoxy) is 1. The van der Waals surface area contributed by atoms with Gasteiger partial charge in [-0.1, -0.05) is 0 Å². The molecule has 0 aromatic heterocycles. The molecule has 2 nitrogen and oxygen atoms in total. The number of hydrogen-bond acceptors (Lipinski definition) is 2. The van der Waals surface area contributed by atoms with Crippen LogP contribution in [0.2, 0.25) is 0 Å². The first-order valence-corrected chi connectivity index (χ1v) is 6.13. The molecule has 1 aliphatic heterocycles. The molecule has 1 aliphatic carbocycles. The summed E-state index contributed by atoms with van der Waals surface area (Å²) in [5, 5.41) is 3.22. The summed E-state index contributed by atoms with van der Waals surface area (Å²) in [4.78, 5) is 0. The number of hydrogen-bond donors (Lipinski definition) is 1. The van der Waals surface area contributed by atoms with Crippen molar-refractivity contribution in [3.63, 3.8) is 0 Å². The van der Waals surface area contributed by atoms with E-state index in [4.69, 9.17) is 4.74 Å². The first-order valence-electron chi connectivity index (χ1n) is 6.13. The molecule has 1 atom stereocenters. The van der Waals surface area contributed by atoms with Gasteiger partial charge in [-0.25, -0.2) is 0 Å². The van der Waals surface area contributed by atoms with Gasteiger partial charge in [-0.15, -0.1) is 0 Å². The summed E-state index contributed by atoms with van der Waals surface area (Å²) in [6, 6.07) is 0. The van der Waals surface area contributed by atoms with E-state index in [2.05, 4.69) is 5.32 Å². The van der Waals surface area contributed by atoms with Gasteiger partial charge in [0.05, 0.1) is 5.60 Å². The predicted molar refractivity (Wildman–Crippen MR) is 58.4 cm³/mol. The molecule has 1 unspecified atom stereocenters. The van der Waals surface area contributed by atoms with Crippen molar-refractivity contribution >= 4 is 0 Å². The van der Waals surface area contributed by atoms with E-state index in [1.54, 1.807) is 0 Å². The maximum absolute atomic E-state index is 5.92. The number of nitrogens with one attached hydrogen (secondary N) is 1. The van der Waals surface area contributed by atoms with Gasteiger partial charge < -0.3 is 10.1 Å². The Morgan fingerprint density at radius 1 is 1.43 bits per heavy atom. The minimum atomic E-state index is 0.350. The van der Waals surface area contributed by atoms with E-state index >= 15 is 0 Å². The van der Waals surface area contributed by atoms with Gasteiger partial charge >= 0.3 is 0 Å². The molecular weight excluding hydrogens is 174 g/mol. The third-order valence-electron chi connectivity index (χ3n) is 3.90. The first-order chi connectivity index (χ1) is 6.85. The Bertz CT molecular complexity index is 177. The Labute approximate surface area is 87.4 Å². The van der Waals surface area contributed by atoms with E-state index in [-0.39, 0.29) is 0 Å². The van der Waals surface area contributed by atoms with E-state index in [1.807, 2.05) is 7.05 Å². The van der Waals surface area contributed by atoms with E-state index in [0.717, 1.165) is 12.5 Å². The van der Waals surface area contributed by atoms with Gasteiger partial charge in [-0.2, -0.15) is 0 Å². The van der Waals surface area contributed by atoms with Crippen LogP contribution < -0.4 is 5.32 Å². The van der Waals surface area contributed by atoms with Crippen molar-refractivity contribution in [2.45, 2.75) is 50.5 Å². The molecule has 0 aromatic carbocycles. The zero-order valence-corrected chi connectivity index (χ0v) is 9.35. The Morgan fingerprint density at radius 3 is 2.93 bits per heavy atom. The summed E-state index contributed by atoms with van der Waals surface area (Å²) in [5.74, 6) is 0.942. The van der Waals surface area contributed by atoms with Crippen LogP contribution in [0, 0.1) is 5.92 Å². The number of rotatable bonds is 4. The third kappa shape index (κ3) is 2.29. The normalized spacial score (nSPS) is 30.2. The molecule has 0 bridgehead atoms. The largest absolute Gasteiger partial charge is 0.375 e. The molecule has 2 heteroatoms. The lowest BCUT2D eigenvalue weighted by Gasteiger charge is -2.47. The van der Waals surface area contributed by atoms with E-state index in [1.165, 1.54) is 51.5 Å². The zero-order chi connectivity index (χ0) is 9.86. The standard InChI is InChI=1S/C12H23NO/c1-13-8-2-4-11-5-9-14-12(10-11)6-3-7-12/h11,13H,2-10H2,1H3. The van der Waals surface area contributed by atoms with Crippen molar-refractivity contribution < 1.29 is 4.74 Å². The highest BCUT2D eigenvalue weighted by atomic mass is 16.5. The van der Waals surface area contributed by atoms with Gasteiger partial charge in [0.15, 0.2) is 0 Å². The van der Waals surface area contributed by atoms with Gasteiger partial charge in [-0.05, 0) is 64.5 Å². The Balaban J connectivity index is 1.71. The topological polar surface area (TPSA) is 21.3 Å². The average Bonchev–Trinajstić information content (AvgIpc) is 2.17. The van der Waals surface area contributed by atoms with Crippen LogP contribution in [0.1, 0.15) is 44.9 Å². The fourth-order valence-corrected chi connectivity index (χ4v) is 2.86. The molecule has 0 radical (unpaired) electrons. The summed E-state index contributed by atoms with van der Waals surface area (Å²) < 4.78 is 5.92. The second-order valence-corrected chi connectivity index (χ2v) is 4.99. The predicted octanol–water partition coefficient (Wildman–Crippen LogP) is 2.34. The van der Waals surface area contributed by atoms with Crippen molar-refractivity contribution in [3.05, 3.63) is 0 Å². The van der Waals surface area contributed by atoms with Crippen molar-refractivity contribution in [2.75, 3.05) is 20.2 Å². The quantitative estimate of drug-likeness (QED) is 0.698. The van der Waals surface area contributed by atoms with Gasteiger partial charge in [-0.3, -0.25) is 0 Å². The van der Waals surface area contributed by atoms with Gasteiger partial charge in [0.2, 0.25) is 0 Å². The Kier molecular flexibility index (Phi) is 3.45. The second kappa shape index (κ2) is 4.63. The third-order valence-corrected chi connectivity index (χ3v) is 3.90. The Hall–Kier alpha value is -0.0800. The summed E-state index contributed by atoms with van der Waals surface area (Å²) in [7, 11) is 2.04. The molecule has 2 rings (SSSR count). The van der Waals surface area contributed by atoms with Crippen LogP contribution in [0.5, 0.6) is 0 Å². The summed E-state index contributed by atoms with van der Waals surface area (Å²) in [5.41, 5.74) is 0.350. The van der Waals surface area contributed by atoms with Crippen LogP contribution in [-0.4, -0.2) is 25.8 Å². The maximum Gasteiger partial charge on any atom is 0.0685 e. The Morgan fingerprint density at radius 2 is 2.29 bits per heavy atom. The van der Waals surface area contributed by atoms with Crippen molar-refractivity contribution in [3.8, 4) is 0 Å². The molecule has 14 heavy (non-hydrogen) atoms. The molecule has 1 saturated carbocycles. The molecule has 0 aromatic rings. The minimum absolute atomic E-state index is 0.350. The molecule has 1 N–H and O–H groups in total. The summed E-state index contributed by atoms with van der Waals surface area (Å²) in [6.45, 7) is 2.19. The van der Waals surface area contributed by atoms with Crippen LogP contribution >= 0.6 is 0 Å². The highest BCUT2D eigenvalue weighted by Crippen LogP contribution is 2.45. The molecule has 2 fully saturated rings. The van der Waals surface area contributed by atoms with Gasteiger partial charge in [0.25, 0.3) is 0 Å². The lowest BCUT2D eigenvalue weighted by atomic mass is 9.71. The molecule has 1 saturated heterocycles. The second-order valence-electron chi connectivity index (χ2n) is 4.99. The molecular formula is C12H23NO. The first kappa shape index (κ1) is 10.4. The minimum Gasteiger partial charge on any atom is -0.375 e. The molecule has 1 heterocycles. The van der Waals surface area contributed by atoms with Crippen LogP contribution in [0.3, 0.4) is 0 Å². The molecule has 82 valence electrons. The van der Waals surface area contributed by atoms with Crippen molar-refractivity contribution in [2.24, 2.45) is 5.92 Å². The summed E-state index contributed by atoms with van der Waals surface area (Å²) >= 11 is 0. The van der Waals surface area contributed by atoms with Gasteiger partial charge in [0.1, 0.15) is 0 Å². The van der Waals surface area contributed by atoms with Crippen LogP contribution in [0.4, 0.5) is 0 Å². The van der Waals surface area contributed by atoms with Crippen LogP contribution in [0.15, 0.2) is 0 Å². The van der Waals surface area contributed by atoms with Gasteiger partial charge in [0, 0.05) is 6.61 Å². The average molecular weight is 197 g/mol. The van der Waals surface area contributed by atoms with E-state index in [0.29, 0.717) is 5.60 Å². The fraction of sp³-hybridized carbons (Fsp3) is 1.00. The van der Waals surface area contributed by atoms with E-state index in [9.17, 15) is 0 Å². The smallest absolute Gasteiger partial charge is 0.0685 e. The lowest BCUT2D eigenvalue weighted by Crippen LogP contribution is -2.45. The molecule has 2 aliphatic rings. The van der Waals surface area contributed by atoms with E-state index < -0.39 is 0 Å². The van der Waals surface area contributed by atoms with Crippen LogP contribution in [0.25, 0.3) is 0 Å². The lowest BCUT2D eigenvalue weighted by molar-refractivity contribution is -0.144. The highest BCUT2D eigenvalue weighted by molar-refractivity contribution is 4.93. The van der Waals surface area contributed by atoms with Crippen molar-refractivity contribution in [1.29, 1.82) is 0 Å².